The number of H-pyrrole nitrogens is 1. The number of amides is 2. The highest BCUT2D eigenvalue weighted by atomic mass is 16.4. The number of aromatic nitrogens is 2. The SMILES string of the molecule is N[C@@H](CC(=O)O)C(=O)N[C@@H](Cc1c[nH]cn1)C(=O)N[C@@H]([C]=O)Cc1ccccc1. The summed E-state index contributed by atoms with van der Waals surface area (Å²) in [5.74, 6) is -2.66. The van der Waals surface area contributed by atoms with Crippen LogP contribution >= 0.6 is 0 Å². The predicted octanol–water partition coefficient (Wildman–Crippen LogP) is -0.924. The van der Waals surface area contributed by atoms with Crippen LogP contribution in [-0.4, -0.2) is 57.3 Å². The van der Waals surface area contributed by atoms with Gasteiger partial charge in [-0.1, -0.05) is 30.3 Å². The molecule has 0 aliphatic carbocycles. The van der Waals surface area contributed by atoms with E-state index >= 15 is 0 Å². The van der Waals surface area contributed by atoms with Crippen molar-refractivity contribution < 1.29 is 24.3 Å². The summed E-state index contributed by atoms with van der Waals surface area (Å²) in [6.45, 7) is 0. The highest BCUT2D eigenvalue weighted by Crippen LogP contribution is 2.04. The van der Waals surface area contributed by atoms with Gasteiger partial charge in [0.1, 0.15) is 6.04 Å². The molecule has 10 nitrogen and oxygen atoms in total. The van der Waals surface area contributed by atoms with Crippen LogP contribution in [0.3, 0.4) is 0 Å². The van der Waals surface area contributed by atoms with Crippen molar-refractivity contribution in [3.8, 4) is 0 Å². The molecule has 0 aliphatic rings. The maximum Gasteiger partial charge on any atom is 0.305 e. The van der Waals surface area contributed by atoms with Gasteiger partial charge in [0.15, 0.2) is 0 Å². The number of carboxylic acids is 1. The second kappa shape index (κ2) is 10.7. The Kier molecular flexibility index (Phi) is 8.04. The first-order chi connectivity index (χ1) is 13.9. The largest absolute Gasteiger partial charge is 0.481 e. The minimum absolute atomic E-state index is 0.0256. The average molecular weight is 400 g/mol. The van der Waals surface area contributed by atoms with Gasteiger partial charge >= 0.3 is 5.97 Å². The van der Waals surface area contributed by atoms with Crippen molar-refractivity contribution in [3.63, 3.8) is 0 Å². The van der Waals surface area contributed by atoms with Gasteiger partial charge in [0.2, 0.25) is 18.1 Å². The lowest BCUT2D eigenvalue weighted by Gasteiger charge is -2.21. The number of carbonyl (C=O) groups is 3. The molecule has 1 heterocycles. The fraction of sp³-hybridized carbons (Fsp3) is 0.316. The van der Waals surface area contributed by atoms with E-state index in [0.29, 0.717) is 5.69 Å². The van der Waals surface area contributed by atoms with Crippen LogP contribution in [0.4, 0.5) is 0 Å². The highest BCUT2D eigenvalue weighted by molar-refractivity contribution is 5.92. The van der Waals surface area contributed by atoms with Gasteiger partial charge in [-0.3, -0.25) is 19.2 Å². The smallest absolute Gasteiger partial charge is 0.305 e. The first kappa shape index (κ1) is 21.8. The number of carbonyl (C=O) groups excluding carboxylic acids is 3. The van der Waals surface area contributed by atoms with Crippen LogP contribution in [0.1, 0.15) is 17.7 Å². The summed E-state index contributed by atoms with van der Waals surface area (Å²) >= 11 is 0. The van der Waals surface area contributed by atoms with E-state index in [9.17, 15) is 19.2 Å². The minimum atomic E-state index is -1.32. The van der Waals surface area contributed by atoms with Gasteiger partial charge in [0, 0.05) is 19.0 Å². The second-order valence-electron chi connectivity index (χ2n) is 6.40. The van der Waals surface area contributed by atoms with Crippen LogP contribution in [-0.2, 0) is 32.0 Å². The van der Waals surface area contributed by atoms with Gasteiger partial charge < -0.3 is 26.5 Å². The lowest BCUT2D eigenvalue weighted by Crippen LogP contribution is -2.55. The Morgan fingerprint density at radius 3 is 2.45 bits per heavy atom. The molecule has 0 spiro atoms. The number of nitrogens with two attached hydrogens (primary N) is 1. The Bertz CT molecular complexity index is 825. The van der Waals surface area contributed by atoms with Crippen molar-refractivity contribution in [2.75, 3.05) is 0 Å². The van der Waals surface area contributed by atoms with Gasteiger partial charge in [-0.15, -0.1) is 0 Å². The number of hydrogen-bond donors (Lipinski definition) is 5. The van der Waals surface area contributed by atoms with Gasteiger partial charge in [0.25, 0.3) is 0 Å². The van der Waals surface area contributed by atoms with Crippen LogP contribution in [0.5, 0.6) is 0 Å². The molecule has 153 valence electrons. The van der Waals surface area contributed by atoms with E-state index in [2.05, 4.69) is 20.6 Å². The maximum atomic E-state index is 12.7. The zero-order valence-corrected chi connectivity index (χ0v) is 15.5. The third kappa shape index (κ3) is 7.18. The van der Waals surface area contributed by atoms with Crippen molar-refractivity contribution in [2.45, 2.75) is 37.4 Å². The molecule has 0 unspecified atom stereocenters. The molecule has 2 rings (SSSR count). The molecule has 0 bridgehead atoms. The third-order valence-electron chi connectivity index (χ3n) is 4.07. The van der Waals surface area contributed by atoms with E-state index < -0.39 is 42.3 Å². The van der Waals surface area contributed by atoms with Gasteiger partial charge in [-0.25, -0.2) is 4.98 Å². The number of aromatic amines is 1. The molecule has 3 atom stereocenters. The predicted molar refractivity (Wildman–Crippen MR) is 102 cm³/mol. The number of nitrogens with one attached hydrogen (secondary N) is 3. The Morgan fingerprint density at radius 1 is 1.14 bits per heavy atom. The van der Waals surface area contributed by atoms with Crippen LogP contribution in [0.2, 0.25) is 0 Å². The lowest BCUT2D eigenvalue weighted by molar-refractivity contribution is -0.139. The molecule has 2 aromatic rings. The van der Waals surface area contributed by atoms with E-state index in [-0.39, 0.29) is 12.8 Å². The number of carboxylic acid groups (broad SMARTS) is 1. The summed E-state index contributed by atoms with van der Waals surface area (Å²) in [4.78, 5) is 53.7. The molecule has 10 heteroatoms. The zero-order chi connectivity index (χ0) is 21.2. The Hall–Kier alpha value is -3.53. The maximum absolute atomic E-state index is 12.7. The van der Waals surface area contributed by atoms with Gasteiger partial charge in [-0.2, -0.15) is 0 Å². The Morgan fingerprint density at radius 2 is 1.86 bits per heavy atom. The summed E-state index contributed by atoms with van der Waals surface area (Å²) in [6.07, 6.45) is 4.42. The highest BCUT2D eigenvalue weighted by Gasteiger charge is 2.27. The van der Waals surface area contributed by atoms with E-state index in [1.54, 1.807) is 12.5 Å². The average Bonchev–Trinajstić information content (AvgIpc) is 3.20. The molecule has 0 fully saturated rings. The lowest BCUT2D eigenvalue weighted by atomic mass is 10.1. The standard InChI is InChI=1S/C19H22N5O5/c20-15(8-17(26)27)18(28)24-16(7-13-9-21-11-22-13)19(29)23-14(10-25)6-12-4-2-1-3-5-12/h1-5,9,11,14-16H,6-8,20H2,(H,21,22)(H,23,29)(H,24,28)(H,26,27)/t14-,15+,16+/m1/s1. The molecule has 29 heavy (non-hydrogen) atoms. The molecule has 0 aliphatic heterocycles. The van der Waals surface area contributed by atoms with E-state index in [1.807, 2.05) is 30.3 Å². The van der Waals surface area contributed by atoms with Crippen molar-refractivity contribution in [1.82, 2.24) is 20.6 Å². The molecular formula is C19H22N5O5. The van der Waals surface area contributed by atoms with E-state index in [4.69, 9.17) is 10.8 Å². The summed E-state index contributed by atoms with van der Waals surface area (Å²) in [6, 6.07) is 5.73. The quantitative estimate of drug-likeness (QED) is 0.325. The van der Waals surface area contributed by atoms with Crippen molar-refractivity contribution >= 4 is 24.1 Å². The van der Waals surface area contributed by atoms with Crippen LogP contribution in [0.15, 0.2) is 42.9 Å². The fourth-order valence-electron chi connectivity index (χ4n) is 2.62. The number of benzene rings is 1. The Balaban J connectivity index is 2.07. The summed E-state index contributed by atoms with van der Waals surface area (Å²) in [5.41, 5.74) is 6.88. The van der Waals surface area contributed by atoms with Gasteiger partial charge in [0.05, 0.1) is 30.5 Å². The normalized spacial score (nSPS) is 13.7. The van der Waals surface area contributed by atoms with Crippen LogP contribution in [0.25, 0.3) is 0 Å². The topological polar surface area (TPSA) is 167 Å². The summed E-state index contributed by atoms with van der Waals surface area (Å²) < 4.78 is 0. The van der Waals surface area contributed by atoms with Crippen molar-refractivity contribution in [1.29, 1.82) is 0 Å². The van der Waals surface area contributed by atoms with Crippen LogP contribution < -0.4 is 16.4 Å². The number of hydrogen-bond acceptors (Lipinski definition) is 6. The van der Waals surface area contributed by atoms with Crippen molar-refractivity contribution in [2.24, 2.45) is 5.73 Å². The molecule has 1 aromatic carbocycles. The minimum Gasteiger partial charge on any atom is -0.481 e. The third-order valence-corrected chi connectivity index (χ3v) is 4.07. The first-order valence-electron chi connectivity index (χ1n) is 8.86. The molecule has 6 N–H and O–H groups in total. The zero-order valence-electron chi connectivity index (χ0n) is 15.5. The van der Waals surface area contributed by atoms with E-state index in [1.165, 1.54) is 6.33 Å². The van der Waals surface area contributed by atoms with Crippen molar-refractivity contribution in [3.05, 3.63) is 54.1 Å². The van der Waals surface area contributed by atoms with Crippen LogP contribution in [0, 0.1) is 0 Å². The fourth-order valence-corrected chi connectivity index (χ4v) is 2.62. The molecule has 1 aromatic heterocycles. The second-order valence-corrected chi connectivity index (χ2v) is 6.40. The van der Waals surface area contributed by atoms with E-state index in [0.717, 1.165) is 5.56 Å². The molecule has 2 amide bonds. The molecular weight excluding hydrogens is 378 g/mol. The molecule has 1 radical (unpaired) electrons. The Labute approximate surface area is 166 Å². The first-order valence-corrected chi connectivity index (χ1v) is 8.86. The monoisotopic (exact) mass is 400 g/mol. The summed E-state index contributed by atoms with van der Waals surface area (Å²) in [5, 5.41) is 13.7. The number of aliphatic carboxylic acids is 1. The number of imidazole rings is 1. The molecule has 0 saturated carbocycles. The summed E-state index contributed by atoms with van der Waals surface area (Å²) in [7, 11) is 0. The number of nitrogens with zero attached hydrogens (tertiary/aromatic N) is 1. The van der Waals surface area contributed by atoms with Gasteiger partial charge in [-0.05, 0) is 5.56 Å². The number of rotatable bonds is 11. The molecule has 0 saturated heterocycles.